The molecule has 0 bridgehead atoms. The van der Waals surface area contributed by atoms with Crippen molar-refractivity contribution in [1.29, 1.82) is 0 Å². The Balaban J connectivity index is 1.50. The van der Waals surface area contributed by atoms with Gasteiger partial charge < -0.3 is 20.3 Å². The first-order valence-corrected chi connectivity index (χ1v) is 9.54. The number of amides is 3. The Hall–Kier alpha value is -3.19. The van der Waals surface area contributed by atoms with E-state index in [1.165, 1.54) is 0 Å². The molecular weight excluding hydrogens is 370 g/mol. The number of carbonyl (C=O) groups is 3. The van der Waals surface area contributed by atoms with Gasteiger partial charge in [-0.2, -0.15) is 0 Å². The molecule has 1 unspecified atom stereocenters. The molecule has 1 atom stereocenters. The summed E-state index contributed by atoms with van der Waals surface area (Å²) in [6, 6.07) is 15.2. The lowest BCUT2D eigenvalue weighted by molar-refractivity contribution is -0.141. The van der Waals surface area contributed by atoms with Gasteiger partial charge in [-0.15, -0.1) is 0 Å². The standard InChI is InChI=1S/C22H25N3O4/c1-15-10-16(2)12-18(11-15)24-22(28)21(27)23-13-20(26)25-8-9-29-19(14-25)17-6-4-3-5-7-17/h3-7,10-12,19H,8-9,13-14H2,1-2H3,(H,23,27)(H,24,28). The van der Waals surface area contributed by atoms with Crippen LogP contribution >= 0.6 is 0 Å². The smallest absolute Gasteiger partial charge is 0.313 e. The Labute approximate surface area is 170 Å². The van der Waals surface area contributed by atoms with E-state index in [0.717, 1.165) is 16.7 Å². The van der Waals surface area contributed by atoms with Gasteiger partial charge >= 0.3 is 11.8 Å². The molecule has 1 aliphatic rings. The fourth-order valence-corrected chi connectivity index (χ4v) is 3.33. The zero-order valence-electron chi connectivity index (χ0n) is 16.6. The van der Waals surface area contributed by atoms with Crippen molar-refractivity contribution < 1.29 is 19.1 Å². The highest BCUT2D eigenvalue weighted by atomic mass is 16.5. The van der Waals surface area contributed by atoms with Gasteiger partial charge in [0.1, 0.15) is 6.10 Å². The van der Waals surface area contributed by atoms with Crippen LogP contribution in [0.5, 0.6) is 0 Å². The zero-order valence-corrected chi connectivity index (χ0v) is 16.6. The van der Waals surface area contributed by atoms with Crippen molar-refractivity contribution in [3.8, 4) is 0 Å². The molecule has 3 amide bonds. The number of nitrogens with zero attached hydrogens (tertiary/aromatic N) is 1. The van der Waals surface area contributed by atoms with Gasteiger partial charge in [-0.25, -0.2) is 0 Å². The number of hydrogen-bond acceptors (Lipinski definition) is 4. The molecule has 0 aliphatic carbocycles. The first kappa shape index (κ1) is 20.5. The van der Waals surface area contributed by atoms with E-state index in [-0.39, 0.29) is 18.6 Å². The van der Waals surface area contributed by atoms with E-state index >= 15 is 0 Å². The van der Waals surface area contributed by atoms with Crippen molar-refractivity contribution in [3.05, 3.63) is 65.2 Å². The molecule has 0 radical (unpaired) electrons. The molecule has 2 N–H and O–H groups in total. The maximum atomic E-state index is 12.5. The van der Waals surface area contributed by atoms with Crippen LogP contribution in [0.25, 0.3) is 0 Å². The number of benzene rings is 2. The van der Waals surface area contributed by atoms with E-state index in [0.29, 0.717) is 25.4 Å². The predicted molar refractivity (Wildman–Crippen MR) is 109 cm³/mol. The van der Waals surface area contributed by atoms with Crippen molar-refractivity contribution >= 4 is 23.4 Å². The van der Waals surface area contributed by atoms with Gasteiger partial charge in [0, 0.05) is 12.2 Å². The number of aryl methyl sites for hydroxylation is 2. The summed E-state index contributed by atoms with van der Waals surface area (Å²) >= 11 is 0. The summed E-state index contributed by atoms with van der Waals surface area (Å²) in [5, 5.41) is 4.96. The number of ether oxygens (including phenoxy) is 1. The topological polar surface area (TPSA) is 87.7 Å². The van der Waals surface area contributed by atoms with E-state index < -0.39 is 11.8 Å². The van der Waals surface area contributed by atoms with E-state index in [4.69, 9.17) is 4.74 Å². The average Bonchev–Trinajstić information content (AvgIpc) is 2.71. The van der Waals surface area contributed by atoms with Crippen LogP contribution in [0, 0.1) is 13.8 Å². The Kier molecular flexibility index (Phi) is 6.61. The van der Waals surface area contributed by atoms with Crippen molar-refractivity contribution in [2.45, 2.75) is 20.0 Å². The first-order valence-electron chi connectivity index (χ1n) is 9.54. The second-order valence-electron chi connectivity index (χ2n) is 7.12. The molecule has 7 nitrogen and oxygen atoms in total. The van der Waals surface area contributed by atoms with Crippen molar-refractivity contribution in [2.75, 3.05) is 31.6 Å². The summed E-state index contributed by atoms with van der Waals surface area (Å²) in [6.45, 7) is 4.87. The molecule has 2 aromatic carbocycles. The summed E-state index contributed by atoms with van der Waals surface area (Å²) in [4.78, 5) is 38.3. The van der Waals surface area contributed by atoms with Crippen molar-refractivity contribution in [2.24, 2.45) is 0 Å². The molecule has 7 heteroatoms. The van der Waals surface area contributed by atoms with Crippen LogP contribution in [0.1, 0.15) is 22.8 Å². The molecule has 152 valence electrons. The number of morpholine rings is 1. The van der Waals surface area contributed by atoms with Gasteiger partial charge in [0.2, 0.25) is 5.91 Å². The van der Waals surface area contributed by atoms with E-state index in [1.807, 2.05) is 50.2 Å². The molecule has 0 aromatic heterocycles. The lowest BCUT2D eigenvalue weighted by Gasteiger charge is -2.33. The molecule has 29 heavy (non-hydrogen) atoms. The second kappa shape index (κ2) is 9.34. The number of carbonyl (C=O) groups excluding carboxylic acids is 3. The molecule has 1 heterocycles. The monoisotopic (exact) mass is 395 g/mol. The SMILES string of the molecule is Cc1cc(C)cc(NC(=O)C(=O)NCC(=O)N2CCOC(c3ccccc3)C2)c1. The highest BCUT2D eigenvalue weighted by Crippen LogP contribution is 2.21. The number of rotatable bonds is 4. The number of nitrogens with one attached hydrogen (secondary N) is 2. The summed E-state index contributed by atoms with van der Waals surface area (Å²) in [6.07, 6.45) is -0.197. The Morgan fingerprint density at radius 3 is 2.41 bits per heavy atom. The van der Waals surface area contributed by atoms with Crippen LogP contribution in [0.4, 0.5) is 5.69 Å². The quantitative estimate of drug-likeness (QED) is 0.775. The minimum absolute atomic E-state index is 0.197. The molecule has 0 spiro atoms. The van der Waals surface area contributed by atoms with Crippen LogP contribution in [-0.4, -0.2) is 48.9 Å². The summed E-state index contributed by atoms with van der Waals surface area (Å²) in [7, 11) is 0. The largest absolute Gasteiger partial charge is 0.370 e. The van der Waals surface area contributed by atoms with Gasteiger partial charge in [0.25, 0.3) is 0 Å². The van der Waals surface area contributed by atoms with E-state index in [9.17, 15) is 14.4 Å². The Bertz CT molecular complexity index is 878. The van der Waals surface area contributed by atoms with Crippen LogP contribution in [-0.2, 0) is 19.1 Å². The van der Waals surface area contributed by atoms with Crippen LogP contribution < -0.4 is 10.6 Å². The number of hydrogen-bond donors (Lipinski definition) is 2. The molecule has 2 aromatic rings. The minimum Gasteiger partial charge on any atom is -0.370 e. The third-order valence-corrected chi connectivity index (χ3v) is 4.68. The van der Waals surface area contributed by atoms with Crippen molar-refractivity contribution in [1.82, 2.24) is 10.2 Å². The van der Waals surface area contributed by atoms with Crippen LogP contribution in [0.3, 0.4) is 0 Å². The lowest BCUT2D eigenvalue weighted by Crippen LogP contribution is -2.48. The second-order valence-corrected chi connectivity index (χ2v) is 7.12. The molecule has 1 aliphatic heterocycles. The lowest BCUT2D eigenvalue weighted by atomic mass is 10.1. The average molecular weight is 395 g/mol. The zero-order chi connectivity index (χ0) is 20.8. The molecule has 0 saturated carbocycles. The Morgan fingerprint density at radius 1 is 1.03 bits per heavy atom. The number of anilines is 1. The van der Waals surface area contributed by atoms with Gasteiger partial charge in [0.05, 0.1) is 19.7 Å². The van der Waals surface area contributed by atoms with E-state index in [1.54, 1.807) is 17.0 Å². The van der Waals surface area contributed by atoms with Gasteiger partial charge in [0.15, 0.2) is 0 Å². The maximum Gasteiger partial charge on any atom is 0.313 e. The minimum atomic E-state index is -0.842. The highest BCUT2D eigenvalue weighted by Gasteiger charge is 2.26. The van der Waals surface area contributed by atoms with Crippen LogP contribution in [0.2, 0.25) is 0 Å². The predicted octanol–water partition coefficient (Wildman–Crippen LogP) is 1.96. The molecule has 3 rings (SSSR count). The summed E-state index contributed by atoms with van der Waals surface area (Å²) in [5.41, 5.74) is 3.52. The fourth-order valence-electron chi connectivity index (χ4n) is 3.33. The first-order chi connectivity index (χ1) is 13.9. The maximum absolute atomic E-state index is 12.5. The fraction of sp³-hybridized carbons (Fsp3) is 0.318. The molecule has 1 saturated heterocycles. The van der Waals surface area contributed by atoms with Gasteiger partial charge in [-0.3, -0.25) is 14.4 Å². The normalized spacial score (nSPS) is 16.2. The third-order valence-electron chi connectivity index (χ3n) is 4.68. The highest BCUT2D eigenvalue weighted by molar-refractivity contribution is 6.39. The molecular formula is C22H25N3O4. The molecule has 1 fully saturated rings. The van der Waals surface area contributed by atoms with Crippen molar-refractivity contribution in [3.63, 3.8) is 0 Å². The summed E-state index contributed by atoms with van der Waals surface area (Å²) < 4.78 is 5.75. The summed E-state index contributed by atoms with van der Waals surface area (Å²) in [5.74, 6) is -1.89. The van der Waals surface area contributed by atoms with Gasteiger partial charge in [-0.1, -0.05) is 36.4 Å². The third kappa shape index (κ3) is 5.65. The Morgan fingerprint density at radius 2 is 1.72 bits per heavy atom. The van der Waals surface area contributed by atoms with Gasteiger partial charge in [-0.05, 0) is 42.7 Å². The van der Waals surface area contributed by atoms with Crippen LogP contribution in [0.15, 0.2) is 48.5 Å². The van der Waals surface area contributed by atoms with E-state index in [2.05, 4.69) is 10.6 Å².